The number of aliphatic carboxylic acids is 1. The molecule has 2 heterocycles. The number of nitrogens with zero attached hydrogens (tertiary/aromatic N) is 2. The van der Waals surface area contributed by atoms with Crippen molar-refractivity contribution in [1.29, 1.82) is 0 Å². The molecule has 2 N–H and O–H groups in total. The van der Waals surface area contributed by atoms with Gasteiger partial charge in [0.2, 0.25) is 10.8 Å². The summed E-state index contributed by atoms with van der Waals surface area (Å²) in [6.07, 6.45) is -0.0110. The molecular weight excluding hydrogens is 546 g/mol. The summed E-state index contributed by atoms with van der Waals surface area (Å²) in [6.45, 7) is 3.46. The number of nitro groups is 1. The van der Waals surface area contributed by atoms with Crippen molar-refractivity contribution in [2.75, 3.05) is 0 Å². The number of carbonyl (C=O) groups is 3. The molecule has 178 valence electrons. The number of hydrogen-bond acceptors (Lipinski definition) is 7. The van der Waals surface area contributed by atoms with Crippen molar-refractivity contribution in [2.24, 2.45) is 0 Å². The van der Waals surface area contributed by atoms with Crippen molar-refractivity contribution in [1.82, 2.24) is 10.2 Å². The number of hydrogen-bond donors (Lipinski definition) is 2. The van der Waals surface area contributed by atoms with Crippen molar-refractivity contribution < 1.29 is 24.4 Å². The highest BCUT2D eigenvalue weighted by atomic mass is 79.9. The third-order valence-electron chi connectivity index (χ3n) is 5.67. The van der Waals surface area contributed by atoms with Gasteiger partial charge >= 0.3 is 5.97 Å². The van der Waals surface area contributed by atoms with Crippen LogP contribution in [-0.4, -0.2) is 53.7 Å². The number of β-lactam (4-membered cyclic amide) rings is 1. The van der Waals surface area contributed by atoms with E-state index in [2.05, 4.69) is 21.2 Å². The molecule has 0 aromatic heterocycles. The molecule has 9 nitrogen and oxygen atoms in total. The van der Waals surface area contributed by atoms with Gasteiger partial charge in [0.05, 0.1) is 16.2 Å². The molecule has 0 radical (unpaired) electrons. The molecule has 34 heavy (non-hydrogen) atoms. The normalized spacial score (nSPS) is 24.8. The molecule has 2 aliphatic rings. The van der Waals surface area contributed by atoms with E-state index in [0.29, 0.717) is 0 Å². The molecule has 12 heteroatoms. The van der Waals surface area contributed by atoms with Crippen LogP contribution in [0.1, 0.15) is 19.4 Å². The predicted molar refractivity (Wildman–Crippen MR) is 131 cm³/mol. The first-order valence-corrected chi connectivity index (χ1v) is 12.7. The molecular formula is C22H20BrN3O6S2. The maximum atomic E-state index is 13.5. The number of amides is 2. The molecule has 2 amide bonds. The maximum absolute atomic E-state index is 13.5. The fourth-order valence-electron chi connectivity index (χ4n) is 4.17. The molecule has 0 aliphatic carbocycles. The fourth-order valence-corrected chi connectivity index (χ4v) is 7.61. The van der Waals surface area contributed by atoms with Crippen LogP contribution in [0.3, 0.4) is 0 Å². The Hall–Kier alpha value is -2.57. The van der Waals surface area contributed by atoms with E-state index in [1.807, 2.05) is 0 Å². The van der Waals surface area contributed by atoms with Crippen LogP contribution in [0, 0.1) is 10.1 Å². The second-order valence-corrected chi connectivity index (χ2v) is 12.4. The highest BCUT2D eigenvalue weighted by Gasteiger charge is 2.73. The fraction of sp³-hybridized carbons (Fsp3) is 0.318. The van der Waals surface area contributed by atoms with E-state index in [-0.39, 0.29) is 17.0 Å². The third kappa shape index (κ3) is 4.18. The topological polar surface area (TPSA) is 130 Å². The molecule has 2 aliphatic heterocycles. The van der Waals surface area contributed by atoms with Crippen LogP contribution in [-0.2, 0) is 20.8 Å². The van der Waals surface area contributed by atoms with Gasteiger partial charge in [-0.05, 0) is 37.6 Å². The van der Waals surface area contributed by atoms with Crippen LogP contribution >= 0.6 is 39.5 Å². The largest absolute Gasteiger partial charge is 0.480 e. The number of benzene rings is 2. The van der Waals surface area contributed by atoms with Crippen LogP contribution in [0.4, 0.5) is 5.69 Å². The van der Waals surface area contributed by atoms with E-state index < -0.39 is 43.7 Å². The van der Waals surface area contributed by atoms with Crippen molar-refractivity contribution in [2.45, 2.75) is 46.2 Å². The van der Waals surface area contributed by atoms with Crippen LogP contribution in [0.5, 0.6) is 0 Å². The Kier molecular flexibility index (Phi) is 6.42. The number of rotatable bonds is 7. The second-order valence-electron chi connectivity index (χ2n) is 8.44. The molecule has 3 atom stereocenters. The maximum Gasteiger partial charge on any atom is 0.327 e. The number of carboxylic acids is 1. The summed E-state index contributed by atoms with van der Waals surface area (Å²) in [5.41, 5.74) is 0.523. The van der Waals surface area contributed by atoms with E-state index in [1.165, 1.54) is 34.9 Å². The summed E-state index contributed by atoms with van der Waals surface area (Å²) in [7, 11) is 0. The van der Waals surface area contributed by atoms with Crippen molar-refractivity contribution in [3.05, 3.63) is 68.7 Å². The molecule has 0 spiro atoms. The average molecular weight is 566 g/mol. The van der Waals surface area contributed by atoms with Gasteiger partial charge in [0, 0.05) is 15.3 Å². The van der Waals surface area contributed by atoms with Crippen molar-refractivity contribution in [3.8, 4) is 0 Å². The van der Waals surface area contributed by atoms with Crippen LogP contribution in [0.25, 0.3) is 0 Å². The van der Waals surface area contributed by atoms with Gasteiger partial charge in [-0.1, -0.05) is 52.0 Å². The van der Waals surface area contributed by atoms with Gasteiger partial charge in [-0.2, -0.15) is 0 Å². The van der Waals surface area contributed by atoms with Gasteiger partial charge < -0.3 is 15.3 Å². The molecule has 0 saturated carbocycles. The summed E-state index contributed by atoms with van der Waals surface area (Å²) >= 11 is 5.49. The predicted octanol–water partition coefficient (Wildman–Crippen LogP) is 3.65. The summed E-state index contributed by atoms with van der Waals surface area (Å²) in [4.78, 5) is 49.5. The molecule has 2 fully saturated rings. The minimum absolute atomic E-state index is 0.0110. The number of nitro benzene ring substituents is 1. The zero-order valence-electron chi connectivity index (χ0n) is 18.1. The zero-order valence-corrected chi connectivity index (χ0v) is 21.3. The number of nitrogens with one attached hydrogen (secondary N) is 1. The number of para-hydroxylation sites is 1. The minimum Gasteiger partial charge on any atom is -0.480 e. The van der Waals surface area contributed by atoms with Crippen molar-refractivity contribution in [3.63, 3.8) is 0 Å². The van der Waals surface area contributed by atoms with E-state index in [1.54, 1.807) is 44.2 Å². The average Bonchev–Trinajstić information content (AvgIpc) is 3.04. The highest BCUT2D eigenvalue weighted by molar-refractivity contribution is 9.10. The summed E-state index contributed by atoms with van der Waals surface area (Å²) in [5, 5.41) is 23.4. The molecule has 2 aromatic carbocycles. The van der Waals surface area contributed by atoms with Gasteiger partial charge in [-0.15, -0.1) is 11.8 Å². The highest BCUT2D eigenvalue weighted by Crippen LogP contribution is 2.60. The Morgan fingerprint density at radius 2 is 1.88 bits per heavy atom. The van der Waals surface area contributed by atoms with Gasteiger partial charge in [0.1, 0.15) is 11.4 Å². The summed E-state index contributed by atoms with van der Waals surface area (Å²) in [6, 6.07) is 12.0. The number of carbonyl (C=O) groups excluding carboxylic acids is 2. The zero-order chi connectivity index (χ0) is 24.8. The first kappa shape index (κ1) is 24.6. The van der Waals surface area contributed by atoms with Crippen LogP contribution < -0.4 is 5.32 Å². The molecule has 4 rings (SSSR count). The lowest BCUT2D eigenvalue weighted by molar-refractivity contribution is -0.387. The smallest absolute Gasteiger partial charge is 0.327 e. The number of carboxylic acid groups (broad SMARTS) is 1. The quantitative estimate of drug-likeness (QED) is 0.225. The monoisotopic (exact) mass is 565 g/mol. The lowest BCUT2D eigenvalue weighted by Gasteiger charge is -2.52. The Balaban J connectivity index is 1.70. The molecule has 2 saturated heterocycles. The van der Waals surface area contributed by atoms with E-state index in [4.69, 9.17) is 0 Å². The molecule has 1 unspecified atom stereocenters. The van der Waals surface area contributed by atoms with Crippen LogP contribution in [0.15, 0.2) is 57.9 Å². The second kappa shape index (κ2) is 8.90. The van der Waals surface area contributed by atoms with Crippen molar-refractivity contribution >= 4 is 62.9 Å². The van der Waals surface area contributed by atoms with E-state index in [9.17, 15) is 29.6 Å². The Labute approximate surface area is 211 Å². The van der Waals surface area contributed by atoms with Gasteiger partial charge in [0.15, 0.2) is 0 Å². The van der Waals surface area contributed by atoms with Gasteiger partial charge in [-0.25, -0.2) is 4.79 Å². The van der Waals surface area contributed by atoms with Gasteiger partial charge in [-0.3, -0.25) is 19.7 Å². The van der Waals surface area contributed by atoms with Gasteiger partial charge in [0.25, 0.3) is 11.6 Å². The first-order valence-electron chi connectivity index (χ1n) is 10.2. The SMILES string of the molecule is CC1(C)S[C@H]2N(C(=O)C2(NC(=O)Cc2ccc(Br)cc2)Sc2ccccc2[N+](=O)[O-])[C@H]1C(=O)O. The number of halogens is 1. The standard InChI is InChI=1S/C22H20BrN3O6S2/c1-21(2)17(18(28)29)25-19(30)22(20(25)34-21,33-15-6-4-3-5-14(15)26(31)32)24-16(27)11-12-7-9-13(23)10-8-12/h3-10,17,20H,11H2,1-2H3,(H,24,27)(H,28,29)/t17-,20+,22?/m0/s1. The molecule has 2 aromatic rings. The Morgan fingerprint density at radius 1 is 1.24 bits per heavy atom. The Morgan fingerprint density at radius 3 is 2.50 bits per heavy atom. The number of thioether (sulfide) groups is 2. The lowest BCUT2D eigenvalue weighted by Crippen LogP contribution is -2.78. The minimum atomic E-state index is -1.58. The Bertz CT molecular complexity index is 1190. The van der Waals surface area contributed by atoms with Crippen LogP contribution in [0.2, 0.25) is 0 Å². The number of fused-ring (bicyclic) bond motifs is 1. The lowest BCUT2D eigenvalue weighted by atomic mass is 9.95. The first-order chi connectivity index (χ1) is 16.0. The summed E-state index contributed by atoms with van der Waals surface area (Å²) < 4.78 is 0.0299. The van der Waals surface area contributed by atoms with E-state index in [0.717, 1.165) is 21.8 Å². The summed E-state index contributed by atoms with van der Waals surface area (Å²) in [5.74, 6) is -2.17. The van der Waals surface area contributed by atoms with E-state index >= 15 is 0 Å². The third-order valence-corrected chi connectivity index (χ3v) is 9.37. The molecule has 0 bridgehead atoms.